The van der Waals surface area contributed by atoms with E-state index in [9.17, 15) is 4.79 Å². The van der Waals surface area contributed by atoms with Crippen molar-refractivity contribution in [3.05, 3.63) is 35.4 Å². The van der Waals surface area contributed by atoms with Crippen LogP contribution >= 0.6 is 0 Å². The lowest BCUT2D eigenvalue weighted by molar-refractivity contribution is -0.195. The molecule has 0 bridgehead atoms. The summed E-state index contributed by atoms with van der Waals surface area (Å²) in [6.07, 6.45) is 0.323. The maximum Gasteiger partial charge on any atom is 0.280 e. The van der Waals surface area contributed by atoms with Crippen molar-refractivity contribution < 1.29 is 14.4 Å². The fraction of sp³-hybridized carbons (Fsp3) is 0.364. The van der Waals surface area contributed by atoms with Gasteiger partial charge < -0.3 is 4.74 Å². The summed E-state index contributed by atoms with van der Waals surface area (Å²) in [5, 5.41) is 1.27. The molecule has 0 saturated heterocycles. The minimum atomic E-state index is -0.336. The van der Waals surface area contributed by atoms with Crippen LogP contribution in [0.25, 0.3) is 0 Å². The van der Waals surface area contributed by atoms with Crippen molar-refractivity contribution >= 4 is 5.91 Å². The number of fused-ring (bicyclic) bond motifs is 1. The molecule has 0 aromatic heterocycles. The van der Waals surface area contributed by atoms with Crippen molar-refractivity contribution in [1.82, 2.24) is 5.06 Å². The molecule has 0 fully saturated rings. The minimum absolute atomic E-state index is 0.147. The van der Waals surface area contributed by atoms with Crippen LogP contribution in [0.2, 0.25) is 0 Å². The summed E-state index contributed by atoms with van der Waals surface area (Å²) in [5.74, 6) is -0.147. The van der Waals surface area contributed by atoms with Gasteiger partial charge in [-0.2, -0.15) is 5.06 Å². The van der Waals surface area contributed by atoms with Crippen molar-refractivity contribution in [3.8, 4) is 0 Å². The monoisotopic (exact) mass is 207 g/mol. The Balaban J connectivity index is 2.40. The van der Waals surface area contributed by atoms with Gasteiger partial charge in [0.25, 0.3) is 5.91 Å². The molecule has 1 aromatic rings. The maximum atomic E-state index is 11.9. The topological polar surface area (TPSA) is 38.8 Å². The molecule has 1 amide bonds. The van der Waals surface area contributed by atoms with E-state index in [0.717, 1.165) is 5.56 Å². The van der Waals surface area contributed by atoms with Gasteiger partial charge in [-0.1, -0.05) is 18.2 Å². The fourth-order valence-electron chi connectivity index (χ4n) is 1.81. The molecule has 1 heterocycles. The van der Waals surface area contributed by atoms with E-state index < -0.39 is 0 Å². The van der Waals surface area contributed by atoms with Crippen LogP contribution in [0.3, 0.4) is 0 Å². The molecule has 15 heavy (non-hydrogen) atoms. The maximum absolute atomic E-state index is 11.9. The highest BCUT2D eigenvalue weighted by atomic mass is 16.7. The van der Waals surface area contributed by atoms with Crippen LogP contribution in [-0.4, -0.2) is 31.4 Å². The number of nitrogens with zero attached hydrogens (tertiary/aromatic N) is 1. The van der Waals surface area contributed by atoms with Crippen LogP contribution in [0.15, 0.2) is 24.3 Å². The zero-order valence-electron chi connectivity index (χ0n) is 8.77. The van der Waals surface area contributed by atoms with Crippen molar-refractivity contribution in [2.75, 3.05) is 14.2 Å². The summed E-state index contributed by atoms with van der Waals surface area (Å²) in [6.45, 7) is 0. The quantitative estimate of drug-likeness (QED) is 0.732. The van der Waals surface area contributed by atoms with Gasteiger partial charge in [-0.3, -0.25) is 9.63 Å². The minimum Gasteiger partial charge on any atom is -0.359 e. The first kappa shape index (κ1) is 10.1. The second-order valence-corrected chi connectivity index (χ2v) is 3.37. The highest BCUT2D eigenvalue weighted by Crippen LogP contribution is 2.23. The Morgan fingerprint density at radius 1 is 1.33 bits per heavy atom. The van der Waals surface area contributed by atoms with Crippen LogP contribution in [0.1, 0.15) is 15.9 Å². The standard InChI is InChI=1S/C11H13NO3/c1-14-10-7-8-5-3-4-6-9(8)11(13)12(10)15-2/h3-6,10H,7H2,1-2H3. The van der Waals surface area contributed by atoms with E-state index in [1.165, 1.54) is 12.2 Å². The van der Waals surface area contributed by atoms with Gasteiger partial charge >= 0.3 is 0 Å². The van der Waals surface area contributed by atoms with Crippen LogP contribution in [0.4, 0.5) is 0 Å². The molecule has 0 spiro atoms. The van der Waals surface area contributed by atoms with Gasteiger partial charge in [-0.05, 0) is 11.6 Å². The fourth-order valence-corrected chi connectivity index (χ4v) is 1.81. The number of rotatable bonds is 2. The first-order chi connectivity index (χ1) is 7.27. The van der Waals surface area contributed by atoms with Gasteiger partial charge in [-0.15, -0.1) is 0 Å². The molecule has 4 heteroatoms. The summed E-state index contributed by atoms with van der Waals surface area (Å²) in [4.78, 5) is 17.0. The summed E-state index contributed by atoms with van der Waals surface area (Å²) < 4.78 is 5.20. The Morgan fingerprint density at radius 3 is 2.73 bits per heavy atom. The number of methoxy groups -OCH3 is 1. The molecule has 0 radical (unpaired) electrons. The molecule has 1 atom stereocenters. The Kier molecular flexibility index (Phi) is 2.70. The zero-order valence-corrected chi connectivity index (χ0v) is 8.77. The lowest BCUT2D eigenvalue weighted by Crippen LogP contribution is -2.45. The molecular weight excluding hydrogens is 194 g/mol. The number of carbonyl (C=O) groups is 1. The van der Waals surface area contributed by atoms with E-state index in [2.05, 4.69) is 0 Å². The van der Waals surface area contributed by atoms with Gasteiger partial charge in [0, 0.05) is 19.1 Å². The highest BCUT2D eigenvalue weighted by molar-refractivity contribution is 5.96. The first-order valence-corrected chi connectivity index (χ1v) is 4.76. The third kappa shape index (κ3) is 1.62. The zero-order chi connectivity index (χ0) is 10.8. The Bertz CT molecular complexity index is 378. The number of amides is 1. The molecule has 0 saturated carbocycles. The number of hydrogen-bond acceptors (Lipinski definition) is 3. The summed E-state index contributed by atoms with van der Waals surface area (Å²) in [7, 11) is 3.04. The van der Waals surface area contributed by atoms with Crippen LogP contribution in [0.5, 0.6) is 0 Å². The second kappa shape index (κ2) is 4.00. The molecule has 2 rings (SSSR count). The van der Waals surface area contributed by atoms with E-state index in [0.29, 0.717) is 12.0 Å². The third-order valence-corrected chi connectivity index (χ3v) is 2.57. The smallest absolute Gasteiger partial charge is 0.280 e. The normalized spacial score (nSPS) is 20.3. The lowest BCUT2D eigenvalue weighted by atomic mass is 9.99. The molecular formula is C11H13NO3. The SMILES string of the molecule is COC1Cc2ccccc2C(=O)N1OC. The molecule has 1 aliphatic heterocycles. The molecule has 80 valence electrons. The Labute approximate surface area is 88.4 Å². The summed E-state index contributed by atoms with van der Waals surface area (Å²) >= 11 is 0. The molecule has 1 aromatic carbocycles. The van der Waals surface area contributed by atoms with Gasteiger partial charge in [0.1, 0.15) is 0 Å². The number of hydroxylamine groups is 2. The largest absolute Gasteiger partial charge is 0.359 e. The molecule has 1 unspecified atom stereocenters. The number of hydrogen-bond donors (Lipinski definition) is 0. The first-order valence-electron chi connectivity index (χ1n) is 4.76. The van der Waals surface area contributed by atoms with E-state index in [-0.39, 0.29) is 12.1 Å². The second-order valence-electron chi connectivity index (χ2n) is 3.37. The molecule has 0 N–H and O–H groups in total. The van der Waals surface area contributed by atoms with E-state index >= 15 is 0 Å². The van der Waals surface area contributed by atoms with Crippen molar-refractivity contribution in [1.29, 1.82) is 0 Å². The van der Waals surface area contributed by atoms with Crippen LogP contribution < -0.4 is 0 Å². The number of carbonyl (C=O) groups excluding carboxylic acids is 1. The van der Waals surface area contributed by atoms with Crippen molar-refractivity contribution in [2.24, 2.45) is 0 Å². The number of benzene rings is 1. The van der Waals surface area contributed by atoms with Gasteiger partial charge in [0.2, 0.25) is 0 Å². The third-order valence-electron chi connectivity index (χ3n) is 2.57. The van der Waals surface area contributed by atoms with E-state index in [4.69, 9.17) is 9.57 Å². The Hall–Kier alpha value is -1.39. The average Bonchev–Trinajstić information content (AvgIpc) is 2.29. The predicted octanol–water partition coefficient (Wildman–Crippen LogP) is 1.22. The van der Waals surface area contributed by atoms with Crippen molar-refractivity contribution in [3.63, 3.8) is 0 Å². The van der Waals surface area contributed by atoms with E-state index in [1.54, 1.807) is 13.2 Å². The molecule has 4 nitrogen and oxygen atoms in total. The van der Waals surface area contributed by atoms with Crippen LogP contribution in [0, 0.1) is 0 Å². The Morgan fingerprint density at radius 2 is 2.07 bits per heavy atom. The van der Waals surface area contributed by atoms with Gasteiger partial charge in [0.05, 0.1) is 7.11 Å². The van der Waals surface area contributed by atoms with Crippen molar-refractivity contribution in [2.45, 2.75) is 12.6 Å². The van der Waals surface area contributed by atoms with Gasteiger partial charge in [0.15, 0.2) is 6.23 Å². The molecule has 1 aliphatic rings. The summed E-state index contributed by atoms with van der Waals surface area (Å²) in [5.41, 5.74) is 1.69. The van der Waals surface area contributed by atoms with Gasteiger partial charge in [-0.25, -0.2) is 0 Å². The average molecular weight is 207 g/mol. The van der Waals surface area contributed by atoms with E-state index in [1.807, 2.05) is 18.2 Å². The summed E-state index contributed by atoms with van der Waals surface area (Å²) in [6, 6.07) is 7.50. The number of ether oxygens (including phenoxy) is 1. The molecule has 0 aliphatic carbocycles. The predicted molar refractivity (Wildman–Crippen MR) is 54.1 cm³/mol. The highest BCUT2D eigenvalue weighted by Gasteiger charge is 2.32. The lowest BCUT2D eigenvalue weighted by Gasteiger charge is -2.33. The van der Waals surface area contributed by atoms with Crippen LogP contribution in [-0.2, 0) is 16.0 Å².